The van der Waals surface area contributed by atoms with Crippen molar-refractivity contribution in [3.8, 4) is 17.1 Å². The molecule has 2 aromatic carbocycles. The fourth-order valence-corrected chi connectivity index (χ4v) is 3.49. The minimum Gasteiger partial charge on any atom is -0.467 e. The Bertz CT molecular complexity index is 1010. The fourth-order valence-electron chi connectivity index (χ4n) is 2.72. The highest BCUT2D eigenvalue weighted by Crippen LogP contribution is 2.36. The fraction of sp³-hybridized carbons (Fsp3) is 0.176. The Morgan fingerprint density at radius 3 is 3.00 bits per heavy atom. The number of H-pyrrole nitrogens is 1. The molecule has 2 heterocycles. The molecule has 1 aliphatic rings. The van der Waals surface area contributed by atoms with Crippen molar-refractivity contribution in [1.82, 2.24) is 15.2 Å². The lowest BCUT2D eigenvalue weighted by molar-refractivity contribution is -0.385. The zero-order chi connectivity index (χ0) is 18.8. The van der Waals surface area contributed by atoms with E-state index in [1.165, 1.54) is 30.0 Å². The van der Waals surface area contributed by atoms with E-state index in [1.54, 1.807) is 18.2 Å². The monoisotopic (exact) mass is 388 g/mol. The third-order valence-electron chi connectivity index (χ3n) is 3.93. The van der Waals surface area contributed by atoms with Crippen LogP contribution in [0, 0.1) is 15.9 Å². The van der Waals surface area contributed by atoms with E-state index >= 15 is 0 Å². The maximum Gasteiger partial charge on any atom is 0.270 e. The molecule has 27 heavy (non-hydrogen) atoms. The Kier molecular flexibility index (Phi) is 4.73. The van der Waals surface area contributed by atoms with Gasteiger partial charge in [-0.2, -0.15) is 0 Å². The van der Waals surface area contributed by atoms with Gasteiger partial charge in [0.05, 0.1) is 17.1 Å². The first kappa shape index (κ1) is 17.4. The van der Waals surface area contributed by atoms with E-state index in [1.807, 2.05) is 0 Å². The molecule has 0 saturated carbocycles. The van der Waals surface area contributed by atoms with Gasteiger partial charge in [-0.15, -0.1) is 5.10 Å². The van der Waals surface area contributed by atoms with Crippen LogP contribution in [0.5, 0.6) is 5.75 Å². The van der Waals surface area contributed by atoms with E-state index in [2.05, 4.69) is 15.2 Å². The molecule has 1 aromatic heterocycles. The van der Waals surface area contributed by atoms with Crippen LogP contribution >= 0.6 is 11.8 Å². The molecule has 1 N–H and O–H groups in total. The topological polar surface area (TPSA) is 103 Å². The molecule has 0 fully saturated rings. The first-order chi connectivity index (χ1) is 13.1. The Morgan fingerprint density at radius 1 is 1.33 bits per heavy atom. The van der Waals surface area contributed by atoms with E-state index < -0.39 is 10.7 Å². The van der Waals surface area contributed by atoms with E-state index in [-0.39, 0.29) is 19.1 Å². The third-order valence-corrected chi connectivity index (χ3v) is 4.83. The number of benzene rings is 2. The molecule has 3 aromatic rings. The van der Waals surface area contributed by atoms with Crippen molar-refractivity contribution in [3.05, 3.63) is 63.5 Å². The van der Waals surface area contributed by atoms with Crippen LogP contribution in [0.3, 0.4) is 0 Å². The van der Waals surface area contributed by atoms with Gasteiger partial charge in [0.1, 0.15) is 11.6 Å². The summed E-state index contributed by atoms with van der Waals surface area (Å²) in [4.78, 5) is 15.0. The number of nitrogens with zero attached hydrogens (tertiary/aromatic N) is 3. The van der Waals surface area contributed by atoms with Gasteiger partial charge in [-0.3, -0.25) is 15.2 Å². The van der Waals surface area contributed by atoms with Gasteiger partial charge in [0.15, 0.2) is 12.6 Å². The molecule has 8 nitrogen and oxygen atoms in total. The molecule has 0 spiro atoms. The Balaban J connectivity index is 1.56. The minimum atomic E-state index is -0.452. The number of thioether (sulfide) groups is 1. The normalized spacial score (nSPS) is 13.1. The molecule has 0 radical (unpaired) electrons. The van der Waals surface area contributed by atoms with Crippen LogP contribution in [-0.4, -0.2) is 26.9 Å². The van der Waals surface area contributed by atoms with E-state index in [0.29, 0.717) is 39.2 Å². The quantitative estimate of drug-likeness (QED) is 0.404. The van der Waals surface area contributed by atoms with Crippen molar-refractivity contribution < 1.29 is 18.8 Å². The summed E-state index contributed by atoms with van der Waals surface area (Å²) in [6.45, 7) is 0.354. The van der Waals surface area contributed by atoms with E-state index in [4.69, 9.17) is 9.47 Å². The van der Waals surface area contributed by atoms with Crippen molar-refractivity contribution >= 4 is 17.4 Å². The lowest BCUT2D eigenvalue weighted by atomic mass is 10.1. The van der Waals surface area contributed by atoms with Crippen molar-refractivity contribution in [2.75, 3.05) is 6.79 Å². The lowest BCUT2D eigenvalue weighted by Gasteiger charge is -2.20. The number of aromatic nitrogens is 3. The first-order valence-electron chi connectivity index (χ1n) is 7.92. The predicted molar refractivity (Wildman–Crippen MR) is 94.7 cm³/mol. The first-order valence-corrected chi connectivity index (χ1v) is 8.91. The van der Waals surface area contributed by atoms with Gasteiger partial charge in [0.25, 0.3) is 5.69 Å². The van der Waals surface area contributed by atoms with E-state index in [9.17, 15) is 14.5 Å². The molecule has 0 amide bonds. The Hall–Kier alpha value is -2.98. The maximum absolute atomic E-state index is 13.9. The summed E-state index contributed by atoms with van der Waals surface area (Å²) in [5.41, 5.74) is 1.59. The van der Waals surface area contributed by atoms with E-state index in [0.717, 1.165) is 0 Å². The number of halogens is 1. The summed E-state index contributed by atoms with van der Waals surface area (Å²) in [5, 5.41) is 18.3. The van der Waals surface area contributed by atoms with Crippen molar-refractivity contribution in [2.24, 2.45) is 0 Å². The van der Waals surface area contributed by atoms with Gasteiger partial charge in [0, 0.05) is 29.0 Å². The number of aromatic amines is 1. The van der Waals surface area contributed by atoms with Gasteiger partial charge >= 0.3 is 0 Å². The van der Waals surface area contributed by atoms with Crippen LogP contribution in [0.15, 0.2) is 41.6 Å². The second kappa shape index (κ2) is 7.33. The number of non-ortho nitro benzene ring substituents is 1. The van der Waals surface area contributed by atoms with Crippen molar-refractivity contribution in [3.63, 3.8) is 0 Å². The molecule has 0 bridgehead atoms. The van der Waals surface area contributed by atoms with Crippen LogP contribution in [0.4, 0.5) is 10.1 Å². The Labute approximate surface area is 156 Å². The maximum atomic E-state index is 13.9. The number of rotatable bonds is 5. The zero-order valence-electron chi connectivity index (χ0n) is 13.8. The summed E-state index contributed by atoms with van der Waals surface area (Å²) >= 11 is 1.27. The number of hydrogen-bond acceptors (Lipinski definition) is 7. The average Bonchev–Trinajstić information content (AvgIpc) is 3.15. The molecule has 4 rings (SSSR count). The molecule has 138 valence electrons. The summed E-state index contributed by atoms with van der Waals surface area (Å²) in [6.07, 6.45) is 0. The summed E-state index contributed by atoms with van der Waals surface area (Å²) in [7, 11) is 0. The molecule has 1 aliphatic heterocycles. The number of nitrogens with one attached hydrogen (secondary N) is 1. The number of fused-ring (bicyclic) bond motifs is 1. The molecule has 0 unspecified atom stereocenters. The summed E-state index contributed by atoms with van der Waals surface area (Å²) in [6, 6.07) is 9.18. The van der Waals surface area contributed by atoms with Gasteiger partial charge < -0.3 is 9.47 Å². The van der Waals surface area contributed by atoms with Gasteiger partial charge in [-0.25, -0.2) is 9.37 Å². The lowest BCUT2D eigenvalue weighted by Crippen LogP contribution is -2.13. The highest BCUT2D eigenvalue weighted by Gasteiger charge is 2.21. The highest BCUT2D eigenvalue weighted by atomic mass is 32.2. The number of nitro groups is 1. The highest BCUT2D eigenvalue weighted by molar-refractivity contribution is 7.98. The molecule has 0 saturated heterocycles. The van der Waals surface area contributed by atoms with Gasteiger partial charge in [-0.05, 0) is 12.1 Å². The largest absolute Gasteiger partial charge is 0.467 e. The van der Waals surface area contributed by atoms with Crippen LogP contribution in [-0.2, 0) is 17.1 Å². The standard InChI is InChI=1S/C17H13FN4O4S/c18-14-4-2-1-3-13(14)16-19-17(21-20-16)27-8-11-6-12(22(23)24)5-10-7-25-9-26-15(10)11/h1-6H,7-9H2,(H,19,20,21). The van der Waals surface area contributed by atoms with Crippen LogP contribution in [0.25, 0.3) is 11.4 Å². The summed E-state index contributed by atoms with van der Waals surface area (Å²) in [5.74, 6) is 0.871. The smallest absolute Gasteiger partial charge is 0.270 e. The van der Waals surface area contributed by atoms with Crippen molar-refractivity contribution in [1.29, 1.82) is 0 Å². The number of ether oxygens (including phenoxy) is 2. The second-order valence-electron chi connectivity index (χ2n) is 5.70. The zero-order valence-corrected chi connectivity index (χ0v) is 14.7. The van der Waals surface area contributed by atoms with Crippen LogP contribution in [0.2, 0.25) is 0 Å². The molecule has 0 atom stereocenters. The number of hydrogen-bond donors (Lipinski definition) is 1. The molecular weight excluding hydrogens is 375 g/mol. The average molecular weight is 388 g/mol. The third kappa shape index (κ3) is 3.62. The number of nitro benzene ring substituents is 1. The molecule has 10 heteroatoms. The van der Waals surface area contributed by atoms with Gasteiger partial charge in [-0.1, -0.05) is 23.9 Å². The predicted octanol–water partition coefficient (Wildman–Crippen LogP) is 3.68. The van der Waals surface area contributed by atoms with Crippen LogP contribution < -0.4 is 4.74 Å². The van der Waals surface area contributed by atoms with Crippen molar-refractivity contribution in [2.45, 2.75) is 17.5 Å². The minimum absolute atomic E-state index is 0.0273. The second-order valence-corrected chi connectivity index (χ2v) is 6.64. The summed E-state index contributed by atoms with van der Waals surface area (Å²) < 4.78 is 24.6. The molecule has 0 aliphatic carbocycles. The Morgan fingerprint density at radius 2 is 2.19 bits per heavy atom. The van der Waals surface area contributed by atoms with Crippen LogP contribution in [0.1, 0.15) is 11.1 Å². The van der Waals surface area contributed by atoms with Gasteiger partial charge in [0.2, 0.25) is 5.16 Å². The SMILES string of the molecule is O=[N+]([O-])c1cc2c(c(CSc3n[nH]c(-c4ccccc4F)n3)c1)OCOC2. The molecular formula is C17H13FN4O4S.